The minimum Gasteiger partial charge on any atom is -0.444 e. The molecule has 7 nitrogen and oxygen atoms in total. The molecule has 0 spiro atoms. The molecule has 0 atom stereocenters. The molecule has 0 aliphatic heterocycles. The quantitative estimate of drug-likeness (QED) is 0.789. The zero-order chi connectivity index (χ0) is 18.3. The number of imidazole rings is 1. The van der Waals surface area contributed by atoms with Gasteiger partial charge in [-0.3, -0.25) is 4.79 Å². The fourth-order valence-electron chi connectivity index (χ4n) is 2.11. The molecule has 7 heteroatoms. The average Bonchev–Trinajstić information content (AvgIpc) is 3.05. The Hall–Kier alpha value is -2.83. The Labute approximate surface area is 147 Å². The molecule has 2 N–H and O–H groups in total. The minimum absolute atomic E-state index is 0.0960. The number of alkyl carbamates (subject to hydrolysis) is 1. The van der Waals surface area contributed by atoms with E-state index in [0.717, 1.165) is 11.4 Å². The van der Waals surface area contributed by atoms with Crippen LogP contribution in [0.5, 0.6) is 0 Å². The minimum atomic E-state index is -0.523. The van der Waals surface area contributed by atoms with Crippen molar-refractivity contribution in [2.75, 3.05) is 11.9 Å². The molecule has 2 aromatic rings. The Morgan fingerprint density at radius 1 is 1.20 bits per heavy atom. The number of carbonyl (C=O) groups is 2. The summed E-state index contributed by atoms with van der Waals surface area (Å²) in [6.07, 6.45) is 5.66. The molecule has 0 aliphatic carbocycles. The van der Waals surface area contributed by atoms with Gasteiger partial charge >= 0.3 is 6.09 Å². The maximum Gasteiger partial charge on any atom is 0.407 e. The van der Waals surface area contributed by atoms with Crippen LogP contribution in [-0.2, 0) is 9.53 Å². The van der Waals surface area contributed by atoms with Gasteiger partial charge in [0, 0.05) is 36.7 Å². The highest BCUT2D eigenvalue weighted by Crippen LogP contribution is 2.13. The summed E-state index contributed by atoms with van der Waals surface area (Å²) in [5.41, 5.74) is 1.18. The molecule has 0 unspecified atom stereocenters. The van der Waals surface area contributed by atoms with Gasteiger partial charge in [-0.15, -0.1) is 0 Å². The number of hydrogen-bond acceptors (Lipinski definition) is 4. The predicted octanol–water partition coefficient (Wildman–Crippen LogP) is 3.12. The topological polar surface area (TPSA) is 85.2 Å². The van der Waals surface area contributed by atoms with Gasteiger partial charge in [-0.25, -0.2) is 9.78 Å². The summed E-state index contributed by atoms with van der Waals surface area (Å²) in [5.74, 6) is -0.0960. The molecule has 0 bridgehead atoms. The molecule has 25 heavy (non-hydrogen) atoms. The van der Waals surface area contributed by atoms with Gasteiger partial charge in [-0.05, 0) is 51.5 Å². The average molecular weight is 344 g/mol. The lowest BCUT2D eigenvalue weighted by Gasteiger charge is -2.19. The largest absolute Gasteiger partial charge is 0.444 e. The van der Waals surface area contributed by atoms with E-state index in [-0.39, 0.29) is 5.91 Å². The lowest BCUT2D eigenvalue weighted by molar-refractivity contribution is -0.116. The van der Waals surface area contributed by atoms with Gasteiger partial charge < -0.3 is 19.9 Å². The zero-order valence-corrected chi connectivity index (χ0v) is 14.8. The number of nitrogens with one attached hydrogen (secondary N) is 2. The van der Waals surface area contributed by atoms with Crippen LogP contribution in [0.3, 0.4) is 0 Å². The number of hydrogen-bond donors (Lipinski definition) is 2. The predicted molar refractivity (Wildman–Crippen MR) is 95.7 cm³/mol. The summed E-state index contributed by atoms with van der Waals surface area (Å²) in [7, 11) is 0. The van der Waals surface area contributed by atoms with Crippen LogP contribution >= 0.6 is 0 Å². The molecule has 2 amide bonds. The van der Waals surface area contributed by atoms with Crippen LogP contribution < -0.4 is 10.6 Å². The third-order valence-corrected chi connectivity index (χ3v) is 3.20. The fourth-order valence-corrected chi connectivity index (χ4v) is 2.11. The number of aromatic nitrogens is 2. The molecule has 1 heterocycles. The highest BCUT2D eigenvalue weighted by Gasteiger charge is 2.15. The van der Waals surface area contributed by atoms with E-state index >= 15 is 0 Å². The van der Waals surface area contributed by atoms with Crippen molar-refractivity contribution < 1.29 is 14.3 Å². The first kappa shape index (κ1) is 18.5. The van der Waals surface area contributed by atoms with Gasteiger partial charge in [0.05, 0.1) is 6.33 Å². The summed E-state index contributed by atoms with van der Waals surface area (Å²) in [5, 5.41) is 5.46. The van der Waals surface area contributed by atoms with E-state index in [1.165, 1.54) is 0 Å². The third-order valence-electron chi connectivity index (χ3n) is 3.20. The molecule has 0 radical (unpaired) electrons. The maximum atomic E-state index is 11.9. The highest BCUT2D eigenvalue weighted by atomic mass is 16.6. The first-order chi connectivity index (χ1) is 11.8. The Morgan fingerprint density at radius 2 is 1.92 bits per heavy atom. The summed E-state index contributed by atoms with van der Waals surface area (Å²) in [6.45, 7) is 5.80. The van der Waals surface area contributed by atoms with Gasteiger partial charge in [0.25, 0.3) is 0 Å². The van der Waals surface area contributed by atoms with Gasteiger partial charge in [0.15, 0.2) is 0 Å². The summed E-state index contributed by atoms with van der Waals surface area (Å²) in [4.78, 5) is 27.4. The van der Waals surface area contributed by atoms with Crippen LogP contribution in [0.2, 0.25) is 0 Å². The van der Waals surface area contributed by atoms with Gasteiger partial charge in [-0.1, -0.05) is 0 Å². The van der Waals surface area contributed by atoms with Crippen LogP contribution in [0, 0.1) is 0 Å². The Balaban J connectivity index is 1.69. The van der Waals surface area contributed by atoms with Crippen molar-refractivity contribution in [3.05, 3.63) is 43.0 Å². The monoisotopic (exact) mass is 344 g/mol. The van der Waals surface area contributed by atoms with Gasteiger partial charge in [0.2, 0.25) is 5.91 Å². The fraction of sp³-hybridized carbons (Fsp3) is 0.389. The number of benzene rings is 1. The number of amides is 2. The lowest BCUT2D eigenvalue weighted by Crippen LogP contribution is -2.33. The van der Waals surface area contributed by atoms with Crippen LogP contribution in [0.1, 0.15) is 33.6 Å². The number of ether oxygens (including phenoxy) is 1. The second kappa shape index (κ2) is 8.32. The van der Waals surface area contributed by atoms with Crippen molar-refractivity contribution in [2.45, 2.75) is 39.2 Å². The molecule has 1 aromatic carbocycles. The van der Waals surface area contributed by atoms with E-state index in [9.17, 15) is 9.59 Å². The van der Waals surface area contributed by atoms with E-state index < -0.39 is 11.7 Å². The van der Waals surface area contributed by atoms with Gasteiger partial charge in [-0.2, -0.15) is 0 Å². The Bertz CT molecular complexity index is 688. The molecular formula is C18H24N4O3. The molecule has 0 saturated heterocycles. The zero-order valence-electron chi connectivity index (χ0n) is 14.8. The third kappa shape index (κ3) is 6.66. The molecular weight excluding hydrogens is 320 g/mol. The van der Waals surface area contributed by atoms with Crippen molar-refractivity contribution in [1.29, 1.82) is 0 Å². The van der Waals surface area contributed by atoms with E-state index in [1.54, 1.807) is 33.3 Å². The first-order valence-electron chi connectivity index (χ1n) is 8.18. The standard InChI is InChI=1S/C18H24N4O3/c1-18(2,3)25-17(24)20-10-4-5-16(23)21-14-6-8-15(9-7-14)22-12-11-19-13-22/h6-9,11-13H,4-5,10H2,1-3H3,(H,20,24)(H,21,23). The summed E-state index contributed by atoms with van der Waals surface area (Å²) in [6, 6.07) is 7.49. The number of rotatable bonds is 6. The van der Waals surface area contributed by atoms with E-state index in [4.69, 9.17) is 4.74 Å². The van der Waals surface area contributed by atoms with Crippen molar-refractivity contribution in [3.63, 3.8) is 0 Å². The van der Waals surface area contributed by atoms with Crippen molar-refractivity contribution in [3.8, 4) is 5.69 Å². The highest BCUT2D eigenvalue weighted by molar-refractivity contribution is 5.90. The molecule has 2 rings (SSSR count). The molecule has 134 valence electrons. The second-order valence-corrected chi connectivity index (χ2v) is 6.60. The van der Waals surface area contributed by atoms with E-state index in [0.29, 0.717) is 19.4 Å². The van der Waals surface area contributed by atoms with Crippen molar-refractivity contribution >= 4 is 17.7 Å². The lowest BCUT2D eigenvalue weighted by atomic mass is 10.2. The molecule has 1 aromatic heterocycles. The van der Waals surface area contributed by atoms with Crippen LogP contribution in [0.4, 0.5) is 10.5 Å². The molecule has 0 saturated carbocycles. The SMILES string of the molecule is CC(C)(C)OC(=O)NCCCC(=O)Nc1ccc(-n2ccnc2)cc1. The normalized spacial score (nSPS) is 11.0. The second-order valence-electron chi connectivity index (χ2n) is 6.60. The Morgan fingerprint density at radius 3 is 2.52 bits per heavy atom. The van der Waals surface area contributed by atoms with Crippen molar-refractivity contribution in [2.24, 2.45) is 0 Å². The Kier molecular flexibility index (Phi) is 6.16. The number of nitrogens with zero attached hydrogens (tertiary/aromatic N) is 2. The smallest absolute Gasteiger partial charge is 0.407 e. The molecule has 0 fully saturated rings. The van der Waals surface area contributed by atoms with E-state index in [2.05, 4.69) is 15.6 Å². The van der Waals surface area contributed by atoms with Crippen LogP contribution in [-0.4, -0.2) is 33.7 Å². The van der Waals surface area contributed by atoms with Crippen LogP contribution in [0.25, 0.3) is 5.69 Å². The van der Waals surface area contributed by atoms with Crippen molar-refractivity contribution in [1.82, 2.24) is 14.9 Å². The summed E-state index contributed by atoms with van der Waals surface area (Å²) < 4.78 is 7.01. The number of anilines is 1. The summed E-state index contributed by atoms with van der Waals surface area (Å²) >= 11 is 0. The van der Waals surface area contributed by atoms with Crippen LogP contribution in [0.15, 0.2) is 43.0 Å². The first-order valence-corrected chi connectivity index (χ1v) is 8.18. The maximum absolute atomic E-state index is 11.9. The van der Waals surface area contributed by atoms with Gasteiger partial charge in [0.1, 0.15) is 5.60 Å². The van der Waals surface area contributed by atoms with E-state index in [1.807, 2.05) is 35.0 Å². The molecule has 0 aliphatic rings. The number of carbonyl (C=O) groups excluding carboxylic acids is 2.